The van der Waals surface area contributed by atoms with Gasteiger partial charge >= 0.3 is 0 Å². The predicted octanol–water partition coefficient (Wildman–Crippen LogP) is 4.29. The van der Waals surface area contributed by atoms with Crippen LogP contribution >= 0.6 is 27.3 Å². The molecule has 0 spiro atoms. The van der Waals surface area contributed by atoms with E-state index in [1.807, 2.05) is 37.4 Å². The summed E-state index contributed by atoms with van der Waals surface area (Å²) in [4.78, 5) is 1.18. The van der Waals surface area contributed by atoms with Gasteiger partial charge in [0.15, 0.2) is 0 Å². The molecule has 0 radical (unpaired) electrons. The van der Waals surface area contributed by atoms with Crippen molar-refractivity contribution < 1.29 is 4.74 Å². The summed E-state index contributed by atoms with van der Waals surface area (Å²) < 4.78 is 6.90. The Balaban J connectivity index is 2.14. The van der Waals surface area contributed by atoms with Crippen molar-refractivity contribution in [2.24, 2.45) is 0 Å². The van der Waals surface area contributed by atoms with Crippen molar-refractivity contribution in [3.8, 4) is 5.75 Å². The number of hydrogen-bond donors (Lipinski definition) is 1. The normalized spacial score (nSPS) is 10.5. The van der Waals surface area contributed by atoms with Gasteiger partial charge in [0.1, 0.15) is 12.4 Å². The molecule has 1 aromatic heterocycles. The van der Waals surface area contributed by atoms with Crippen LogP contribution in [0.2, 0.25) is 0 Å². The number of halogens is 1. The molecule has 0 saturated heterocycles. The molecule has 4 heteroatoms. The Morgan fingerprint density at radius 1 is 1.29 bits per heavy atom. The lowest BCUT2D eigenvalue weighted by Crippen LogP contribution is -1.98. The topological polar surface area (TPSA) is 35.2 Å². The Hall–Kier alpha value is -1.00. The van der Waals surface area contributed by atoms with Gasteiger partial charge < -0.3 is 10.5 Å². The molecular formula is C13H14BrNOS. The SMILES string of the molecule is Cc1cc(C)c(OCc2sccc2Br)cc1N. The highest BCUT2D eigenvalue weighted by Crippen LogP contribution is 2.28. The first-order valence-electron chi connectivity index (χ1n) is 5.29. The van der Waals surface area contributed by atoms with E-state index in [2.05, 4.69) is 15.9 Å². The van der Waals surface area contributed by atoms with Gasteiger partial charge in [-0.3, -0.25) is 0 Å². The number of nitrogens with two attached hydrogens (primary N) is 1. The number of aryl methyl sites for hydroxylation is 2. The van der Waals surface area contributed by atoms with Crippen molar-refractivity contribution >= 4 is 33.0 Å². The lowest BCUT2D eigenvalue weighted by atomic mass is 10.1. The molecule has 2 nitrogen and oxygen atoms in total. The van der Waals surface area contributed by atoms with Crippen LogP contribution in [0.4, 0.5) is 5.69 Å². The van der Waals surface area contributed by atoms with E-state index in [4.69, 9.17) is 10.5 Å². The molecule has 2 aromatic rings. The summed E-state index contributed by atoms with van der Waals surface area (Å²) in [5.74, 6) is 0.855. The molecule has 0 saturated carbocycles. The van der Waals surface area contributed by atoms with E-state index in [1.54, 1.807) is 11.3 Å². The Morgan fingerprint density at radius 3 is 2.71 bits per heavy atom. The average molecular weight is 312 g/mol. The second kappa shape index (κ2) is 5.10. The molecule has 2 rings (SSSR count). The van der Waals surface area contributed by atoms with Gasteiger partial charge in [-0.1, -0.05) is 6.07 Å². The third kappa shape index (κ3) is 2.82. The van der Waals surface area contributed by atoms with E-state index >= 15 is 0 Å². The summed E-state index contributed by atoms with van der Waals surface area (Å²) >= 11 is 5.17. The zero-order valence-electron chi connectivity index (χ0n) is 9.79. The van der Waals surface area contributed by atoms with Crippen LogP contribution in [-0.4, -0.2) is 0 Å². The number of ether oxygens (including phenoxy) is 1. The lowest BCUT2D eigenvalue weighted by molar-refractivity contribution is 0.307. The van der Waals surface area contributed by atoms with Crippen LogP contribution in [0, 0.1) is 13.8 Å². The smallest absolute Gasteiger partial charge is 0.124 e. The summed E-state index contributed by atoms with van der Waals surface area (Å²) in [7, 11) is 0. The van der Waals surface area contributed by atoms with Crippen LogP contribution < -0.4 is 10.5 Å². The fourth-order valence-electron chi connectivity index (χ4n) is 1.58. The highest BCUT2D eigenvalue weighted by molar-refractivity contribution is 9.10. The summed E-state index contributed by atoms with van der Waals surface area (Å²) in [6.07, 6.45) is 0. The molecule has 0 unspecified atom stereocenters. The molecule has 17 heavy (non-hydrogen) atoms. The monoisotopic (exact) mass is 311 g/mol. The molecule has 1 aromatic carbocycles. The molecule has 0 atom stereocenters. The summed E-state index contributed by atoms with van der Waals surface area (Å²) in [6.45, 7) is 4.61. The van der Waals surface area contributed by atoms with E-state index in [0.29, 0.717) is 6.61 Å². The second-order valence-electron chi connectivity index (χ2n) is 3.95. The fourth-order valence-corrected chi connectivity index (χ4v) is 2.95. The Labute approximate surface area is 114 Å². The van der Waals surface area contributed by atoms with Gasteiger partial charge in [0.2, 0.25) is 0 Å². The van der Waals surface area contributed by atoms with Crippen LogP contribution in [-0.2, 0) is 6.61 Å². The maximum Gasteiger partial charge on any atom is 0.124 e. The number of benzene rings is 1. The highest BCUT2D eigenvalue weighted by atomic mass is 79.9. The molecule has 2 N–H and O–H groups in total. The zero-order valence-corrected chi connectivity index (χ0v) is 12.2. The van der Waals surface area contributed by atoms with E-state index in [9.17, 15) is 0 Å². The number of thiophene rings is 1. The van der Waals surface area contributed by atoms with Crippen LogP contribution in [0.5, 0.6) is 5.75 Å². The van der Waals surface area contributed by atoms with Crippen LogP contribution in [0.1, 0.15) is 16.0 Å². The first kappa shape index (κ1) is 12.5. The summed E-state index contributed by atoms with van der Waals surface area (Å²) in [6, 6.07) is 5.97. The van der Waals surface area contributed by atoms with Gasteiger partial charge in [-0.05, 0) is 52.4 Å². The van der Waals surface area contributed by atoms with Crippen molar-refractivity contribution in [1.29, 1.82) is 0 Å². The molecule has 0 aliphatic rings. The number of nitrogen functional groups attached to an aromatic ring is 1. The summed E-state index contributed by atoms with van der Waals surface area (Å²) in [5, 5.41) is 2.04. The van der Waals surface area contributed by atoms with Gasteiger partial charge in [0.25, 0.3) is 0 Å². The third-order valence-electron chi connectivity index (χ3n) is 2.61. The minimum absolute atomic E-state index is 0.571. The lowest BCUT2D eigenvalue weighted by Gasteiger charge is -2.11. The molecule has 0 aliphatic heterocycles. The van der Waals surface area contributed by atoms with Gasteiger partial charge in [-0.15, -0.1) is 11.3 Å². The van der Waals surface area contributed by atoms with Crippen LogP contribution in [0.3, 0.4) is 0 Å². The van der Waals surface area contributed by atoms with E-state index in [0.717, 1.165) is 27.0 Å². The van der Waals surface area contributed by atoms with E-state index in [-0.39, 0.29) is 0 Å². The fraction of sp³-hybridized carbons (Fsp3) is 0.231. The van der Waals surface area contributed by atoms with E-state index < -0.39 is 0 Å². The molecule has 0 fully saturated rings. The predicted molar refractivity (Wildman–Crippen MR) is 76.7 cm³/mol. The van der Waals surface area contributed by atoms with Gasteiger partial charge in [0, 0.05) is 16.2 Å². The molecular weight excluding hydrogens is 298 g/mol. The number of rotatable bonds is 3. The maximum atomic E-state index is 5.88. The molecule has 0 bridgehead atoms. The second-order valence-corrected chi connectivity index (χ2v) is 5.81. The van der Waals surface area contributed by atoms with E-state index in [1.165, 1.54) is 4.88 Å². The minimum Gasteiger partial charge on any atom is -0.488 e. The number of hydrogen-bond acceptors (Lipinski definition) is 3. The first-order valence-corrected chi connectivity index (χ1v) is 6.96. The van der Waals surface area contributed by atoms with Crippen LogP contribution in [0.15, 0.2) is 28.1 Å². The average Bonchev–Trinajstić information content (AvgIpc) is 2.68. The van der Waals surface area contributed by atoms with Gasteiger partial charge in [0.05, 0.1) is 4.88 Å². The minimum atomic E-state index is 0.571. The van der Waals surface area contributed by atoms with Crippen molar-refractivity contribution in [3.63, 3.8) is 0 Å². The van der Waals surface area contributed by atoms with Crippen molar-refractivity contribution in [3.05, 3.63) is 44.1 Å². The Bertz CT molecular complexity index is 536. The van der Waals surface area contributed by atoms with Crippen LogP contribution in [0.25, 0.3) is 0 Å². The zero-order chi connectivity index (χ0) is 12.4. The van der Waals surface area contributed by atoms with Crippen molar-refractivity contribution in [1.82, 2.24) is 0 Å². The molecule has 0 aliphatic carbocycles. The maximum absolute atomic E-state index is 5.88. The largest absolute Gasteiger partial charge is 0.488 e. The van der Waals surface area contributed by atoms with Gasteiger partial charge in [-0.2, -0.15) is 0 Å². The molecule has 90 valence electrons. The Morgan fingerprint density at radius 2 is 2.06 bits per heavy atom. The Kier molecular flexibility index (Phi) is 3.74. The third-order valence-corrected chi connectivity index (χ3v) is 4.51. The standard InChI is InChI=1S/C13H14BrNOS/c1-8-5-9(2)12(6-11(8)15)16-7-13-10(14)3-4-17-13/h3-6H,7,15H2,1-2H3. The highest BCUT2D eigenvalue weighted by Gasteiger charge is 2.06. The number of anilines is 1. The van der Waals surface area contributed by atoms with Gasteiger partial charge in [-0.25, -0.2) is 0 Å². The molecule has 0 amide bonds. The van der Waals surface area contributed by atoms with Crippen molar-refractivity contribution in [2.45, 2.75) is 20.5 Å². The summed E-state index contributed by atoms with van der Waals surface area (Å²) in [5.41, 5.74) is 8.86. The van der Waals surface area contributed by atoms with Crippen molar-refractivity contribution in [2.75, 3.05) is 5.73 Å². The first-order chi connectivity index (χ1) is 8.08. The quantitative estimate of drug-likeness (QED) is 0.858. The molecule has 1 heterocycles.